The third-order valence-corrected chi connectivity index (χ3v) is 6.75. The molecule has 2 rings (SSSR count). The molecule has 0 aliphatic heterocycles. The summed E-state index contributed by atoms with van der Waals surface area (Å²) in [7, 11) is 0. The molecule has 0 spiro atoms. The van der Waals surface area contributed by atoms with Gasteiger partial charge in [-0.25, -0.2) is 9.59 Å². The Morgan fingerprint density at radius 3 is 1.39 bits per heavy atom. The summed E-state index contributed by atoms with van der Waals surface area (Å²) in [5, 5.41) is 0. The highest BCUT2D eigenvalue weighted by atomic mass is 16.6. The van der Waals surface area contributed by atoms with Crippen LogP contribution in [-0.2, 0) is 9.47 Å². The van der Waals surface area contributed by atoms with Crippen molar-refractivity contribution in [3.05, 3.63) is 0 Å². The van der Waals surface area contributed by atoms with Crippen molar-refractivity contribution in [2.75, 3.05) is 19.9 Å². The van der Waals surface area contributed by atoms with Crippen molar-refractivity contribution in [2.45, 2.75) is 129 Å². The Labute approximate surface area is 190 Å². The molecule has 0 radical (unpaired) electrons. The number of ether oxygens (including phenoxy) is 2. The van der Waals surface area contributed by atoms with Gasteiger partial charge in [-0.3, -0.25) is 9.80 Å². The van der Waals surface area contributed by atoms with Gasteiger partial charge in [0.2, 0.25) is 0 Å². The zero-order valence-corrected chi connectivity index (χ0v) is 20.1. The van der Waals surface area contributed by atoms with Gasteiger partial charge in [-0.05, 0) is 38.5 Å². The lowest BCUT2D eigenvalue weighted by atomic mass is 9.93. The molecular formula is C25H46N2O4. The number of carbonyl (C=O) groups excluding carboxylic acids is 2. The molecule has 2 fully saturated rings. The van der Waals surface area contributed by atoms with Crippen LogP contribution in [0.15, 0.2) is 0 Å². The molecule has 0 atom stereocenters. The smallest absolute Gasteiger partial charge is 0.411 e. The molecule has 0 heterocycles. The molecule has 0 N–H and O–H groups in total. The number of hydrogen-bond donors (Lipinski definition) is 0. The first-order chi connectivity index (χ1) is 15.2. The highest BCUT2D eigenvalue weighted by molar-refractivity contribution is 5.71. The molecule has 0 saturated heterocycles. The minimum atomic E-state index is -0.261. The van der Waals surface area contributed by atoms with Crippen LogP contribution in [0.5, 0.6) is 0 Å². The van der Waals surface area contributed by atoms with E-state index in [1.165, 1.54) is 12.8 Å². The summed E-state index contributed by atoms with van der Waals surface area (Å²) in [6, 6.07) is 0.317. The molecule has 6 nitrogen and oxygen atoms in total. The Bertz CT molecular complexity index is 458. The quantitative estimate of drug-likeness (QED) is 0.246. The summed E-state index contributed by atoms with van der Waals surface area (Å²) in [4.78, 5) is 29.8. The predicted octanol–water partition coefficient (Wildman–Crippen LogP) is 6.87. The second kappa shape index (κ2) is 15.4. The van der Waals surface area contributed by atoms with Gasteiger partial charge in [-0.1, -0.05) is 78.1 Å². The van der Waals surface area contributed by atoms with E-state index in [4.69, 9.17) is 9.47 Å². The summed E-state index contributed by atoms with van der Waals surface area (Å²) in [5.74, 6) is 0. The maximum atomic E-state index is 13.1. The summed E-state index contributed by atoms with van der Waals surface area (Å²) >= 11 is 0. The van der Waals surface area contributed by atoms with Crippen LogP contribution in [0.4, 0.5) is 9.59 Å². The molecule has 180 valence electrons. The third kappa shape index (κ3) is 9.28. The van der Waals surface area contributed by atoms with Crippen LogP contribution >= 0.6 is 0 Å². The zero-order chi connectivity index (χ0) is 22.3. The maximum absolute atomic E-state index is 13.1. The monoisotopic (exact) mass is 438 g/mol. The molecule has 0 aromatic rings. The lowest BCUT2D eigenvalue weighted by Crippen LogP contribution is -2.53. The average Bonchev–Trinajstić information content (AvgIpc) is 2.81. The second-order valence-electron chi connectivity index (χ2n) is 9.31. The largest absolute Gasteiger partial charge is 0.449 e. The van der Waals surface area contributed by atoms with Crippen molar-refractivity contribution in [3.63, 3.8) is 0 Å². The first-order valence-electron chi connectivity index (χ1n) is 13.0. The summed E-state index contributed by atoms with van der Waals surface area (Å²) in [6.45, 7) is 5.50. The molecule has 0 aromatic heterocycles. The molecule has 6 heteroatoms. The number of amides is 2. The van der Waals surface area contributed by atoms with Gasteiger partial charge in [0.25, 0.3) is 0 Å². The van der Waals surface area contributed by atoms with E-state index in [9.17, 15) is 9.59 Å². The topological polar surface area (TPSA) is 59.1 Å². The lowest BCUT2D eigenvalue weighted by Gasteiger charge is -2.40. The molecule has 0 unspecified atom stereocenters. The molecule has 31 heavy (non-hydrogen) atoms. The van der Waals surface area contributed by atoms with Crippen molar-refractivity contribution in [3.8, 4) is 0 Å². The van der Waals surface area contributed by atoms with E-state index in [1.807, 2.05) is 9.80 Å². The molecular weight excluding hydrogens is 392 g/mol. The number of carbonyl (C=O) groups is 2. The standard InChI is InChI=1S/C25H46N2O4/c1-3-5-13-19-30-24(28)26(22-15-9-7-10-16-22)21-27(23-17-11-8-12-18-23)25(29)31-20-14-6-4-2/h22-23H,3-21H2,1-2H3. The summed E-state index contributed by atoms with van der Waals surface area (Å²) < 4.78 is 11.3. The van der Waals surface area contributed by atoms with E-state index in [0.29, 0.717) is 19.9 Å². The predicted molar refractivity (Wildman–Crippen MR) is 124 cm³/mol. The molecule has 2 aliphatic rings. The van der Waals surface area contributed by atoms with Gasteiger partial charge in [0.05, 0.1) is 13.2 Å². The normalized spacial score (nSPS) is 17.9. The van der Waals surface area contributed by atoms with Gasteiger partial charge in [0.1, 0.15) is 6.67 Å². The fourth-order valence-corrected chi connectivity index (χ4v) is 4.78. The summed E-state index contributed by atoms with van der Waals surface area (Å²) in [6.07, 6.45) is 16.6. The van der Waals surface area contributed by atoms with Crippen LogP contribution in [0.1, 0.15) is 117 Å². The van der Waals surface area contributed by atoms with E-state index in [-0.39, 0.29) is 24.3 Å². The van der Waals surface area contributed by atoms with Crippen molar-refractivity contribution in [1.29, 1.82) is 0 Å². The van der Waals surface area contributed by atoms with Gasteiger partial charge in [0, 0.05) is 12.1 Å². The number of rotatable bonds is 12. The van der Waals surface area contributed by atoms with Gasteiger partial charge < -0.3 is 9.47 Å². The zero-order valence-electron chi connectivity index (χ0n) is 20.1. The maximum Gasteiger partial charge on any atom is 0.411 e. The van der Waals surface area contributed by atoms with E-state index in [2.05, 4.69) is 13.8 Å². The van der Waals surface area contributed by atoms with Crippen LogP contribution in [0, 0.1) is 0 Å². The van der Waals surface area contributed by atoms with Crippen LogP contribution in [0.25, 0.3) is 0 Å². The van der Waals surface area contributed by atoms with Crippen LogP contribution in [-0.4, -0.2) is 54.0 Å². The van der Waals surface area contributed by atoms with Crippen LogP contribution in [0.2, 0.25) is 0 Å². The number of hydrogen-bond acceptors (Lipinski definition) is 4. The Morgan fingerprint density at radius 2 is 1.03 bits per heavy atom. The Kier molecular flexibility index (Phi) is 12.8. The van der Waals surface area contributed by atoms with Crippen LogP contribution < -0.4 is 0 Å². The van der Waals surface area contributed by atoms with Crippen molar-refractivity contribution < 1.29 is 19.1 Å². The van der Waals surface area contributed by atoms with Gasteiger partial charge in [-0.2, -0.15) is 0 Å². The fourth-order valence-electron chi connectivity index (χ4n) is 4.78. The van der Waals surface area contributed by atoms with Crippen molar-refractivity contribution in [1.82, 2.24) is 9.80 Å². The Hall–Kier alpha value is -1.46. The minimum Gasteiger partial charge on any atom is -0.449 e. The Balaban J connectivity index is 2.06. The first-order valence-corrected chi connectivity index (χ1v) is 13.0. The fraction of sp³-hybridized carbons (Fsp3) is 0.920. The number of unbranched alkanes of at least 4 members (excludes halogenated alkanes) is 4. The van der Waals surface area contributed by atoms with E-state index < -0.39 is 0 Å². The lowest BCUT2D eigenvalue weighted by molar-refractivity contribution is 0.0178. The third-order valence-electron chi connectivity index (χ3n) is 6.75. The molecule has 2 amide bonds. The van der Waals surface area contributed by atoms with Crippen LogP contribution in [0.3, 0.4) is 0 Å². The van der Waals surface area contributed by atoms with Gasteiger partial charge in [-0.15, -0.1) is 0 Å². The van der Waals surface area contributed by atoms with Crippen molar-refractivity contribution in [2.24, 2.45) is 0 Å². The molecule has 0 aromatic carbocycles. The number of nitrogens with zero attached hydrogens (tertiary/aromatic N) is 2. The summed E-state index contributed by atoms with van der Waals surface area (Å²) in [5.41, 5.74) is 0. The molecule has 2 saturated carbocycles. The SMILES string of the molecule is CCCCCOC(=O)N(CN(C(=O)OCCCCC)C1CCCCC1)C1CCCCC1. The first kappa shape index (κ1) is 25.8. The van der Waals surface area contributed by atoms with Crippen molar-refractivity contribution >= 4 is 12.2 Å². The van der Waals surface area contributed by atoms with E-state index in [1.54, 1.807) is 0 Å². The minimum absolute atomic E-state index is 0.159. The van der Waals surface area contributed by atoms with Gasteiger partial charge >= 0.3 is 12.2 Å². The molecule has 0 bridgehead atoms. The average molecular weight is 439 g/mol. The highest BCUT2D eigenvalue weighted by Crippen LogP contribution is 2.27. The molecule has 2 aliphatic carbocycles. The highest BCUT2D eigenvalue weighted by Gasteiger charge is 2.34. The second-order valence-corrected chi connectivity index (χ2v) is 9.31. The van der Waals surface area contributed by atoms with Gasteiger partial charge in [0.15, 0.2) is 0 Å². The Morgan fingerprint density at radius 1 is 0.645 bits per heavy atom. The van der Waals surface area contributed by atoms with E-state index in [0.717, 1.165) is 89.9 Å². The van der Waals surface area contributed by atoms with E-state index >= 15 is 0 Å².